The summed E-state index contributed by atoms with van der Waals surface area (Å²) in [6, 6.07) is 0. The monoisotopic (exact) mass is 232 g/mol. The number of aliphatic hydroxyl groups is 1. The van der Waals surface area contributed by atoms with Crippen LogP contribution in [0.3, 0.4) is 0 Å². The first-order valence-electron chi connectivity index (χ1n) is 4.04. The van der Waals surface area contributed by atoms with Crippen LogP contribution in [-0.4, -0.2) is 40.2 Å². The Balaban J connectivity index is 3.16. The Morgan fingerprint density at radius 3 is 2.87 bits per heavy atom. The molecule has 0 aliphatic heterocycles. The van der Waals surface area contributed by atoms with Crippen LogP contribution in [0.2, 0.25) is 5.15 Å². The van der Waals surface area contributed by atoms with Crippen molar-refractivity contribution in [1.82, 2.24) is 9.97 Å². The van der Waals surface area contributed by atoms with Crippen molar-refractivity contribution < 1.29 is 10.0 Å². The van der Waals surface area contributed by atoms with Crippen LogP contribution in [0.4, 0.5) is 11.5 Å². The fourth-order valence-corrected chi connectivity index (χ4v) is 1.24. The Morgan fingerprint density at radius 1 is 1.67 bits per heavy atom. The summed E-state index contributed by atoms with van der Waals surface area (Å²) in [5, 5.41) is 19.2. The number of hydrogen-bond acceptors (Lipinski definition) is 6. The van der Waals surface area contributed by atoms with E-state index < -0.39 is 4.92 Å². The van der Waals surface area contributed by atoms with E-state index in [9.17, 15) is 10.1 Å². The van der Waals surface area contributed by atoms with E-state index in [4.69, 9.17) is 16.7 Å². The van der Waals surface area contributed by atoms with E-state index in [0.29, 0.717) is 0 Å². The van der Waals surface area contributed by atoms with Gasteiger partial charge in [0, 0.05) is 13.6 Å². The SMILES string of the molecule is CN(CCO)c1ncnc(Cl)c1[N+](=O)[O-]. The molecule has 15 heavy (non-hydrogen) atoms. The van der Waals surface area contributed by atoms with Crippen molar-refractivity contribution in [1.29, 1.82) is 0 Å². The summed E-state index contributed by atoms with van der Waals surface area (Å²) in [6.45, 7) is 0.101. The Morgan fingerprint density at radius 2 is 2.33 bits per heavy atom. The number of aromatic nitrogens is 2. The molecule has 82 valence electrons. The minimum atomic E-state index is -0.647. The minimum absolute atomic E-state index is 0.0917. The second kappa shape index (κ2) is 4.85. The van der Waals surface area contributed by atoms with Crippen LogP contribution in [0.25, 0.3) is 0 Å². The Bertz CT molecular complexity index is 373. The van der Waals surface area contributed by atoms with E-state index in [1.807, 2.05) is 0 Å². The predicted molar refractivity (Wildman–Crippen MR) is 54.1 cm³/mol. The molecular formula is C7H9ClN4O3. The quantitative estimate of drug-likeness (QED) is 0.461. The fraction of sp³-hybridized carbons (Fsp3) is 0.429. The van der Waals surface area contributed by atoms with Crippen molar-refractivity contribution in [2.24, 2.45) is 0 Å². The first-order valence-corrected chi connectivity index (χ1v) is 4.42. The number of likely N-dealkylation sites (N-methyl/N-ethyl adjacent to an activating group) is 1. The van der Waals surface area contributed by atoms with Crippen LogP contribution >= 0.6 is 11.6 Å². The molecule has 1 aromatic rings. The molecule has 0 aromatic carbocycles. The lowest BCUT2D eigenvalue weighted by Gasteiger charge is -2.15. The summed E-state index contributed by atoms with van der Waals surface area (Å²) in [5.74, 6) is 0.0917. The van der Waals surface area contributed by atoms with Crippen LogP contribution in [0.1, 0.15) is 0 Å². The molecule has 0 fully saturated rings. The van der Waals surface area contributed by atoms with Gasteiger partial charge in [-0.05, 0) is 0 Å². The van der Waals surface area contributed by atoms with E-state index >= 15 is 0 Å². The third-order valence-corrected chi connectivity index (χ3v) is 2.01. The van der Waals surface area contributed by atoms with Gasteiger partial charge in [-0.15, -0.1) is 0 Å². The molecule has 1 aromatic heterocycles. The number of nitro groups is 1. The minimum Gasteiger partial charge on any atom is -0.395 e. The van der Waals surface area contributed by atoms with Gasteiger partial charge in [0.05, 0.1) is 11.5 Å². The molecule has 0 saturated heterocycles. The van der Waals surface area contributed by atoms with Gasteiger partial charge in [0.25, 0.3) is 0 Å². The van der Waals surface area contributed by atoms with Crippen LogP contribution in [0, 0.1) is 10.1 Å². The Labute approximate surface area is 90.5 Å². The number of rotatable bonds is 4. The van der Waals surface area contributed by atoms with Gasteiger partial charge in [0.2, 0.25) is 11.0 Å². The van der Waals surface area contributed by atoms with Gasteiger partial charge in [-0.3, -0.25) is 10.1 Å². The maximum Gasteiger partial charge on any atom is 0.348 e. The highest BCUT2D eigenvalue weighted by Crippen LogP contribution is 2.30. The van der Waals surface area contributed by atoms with Crippen LogP contribution in [0.15, 0.2) is 6.33 Å². The lowest BCUT2D eigenvalue weighted by atomic mass is 10.4. The molecule has 0 aliphatic rings. The number of anilines is 1. The molecular weight excluding hydrogens is 224 g/mol. The van der Waals surface area contributed by atoms with Gasteiger partial charge in [-0.2, -0.15) is 0 Å². The molecule has 1 rings (SSSR count). The summed E-state index contributed by atoms with van der Waals surface area (Å²) < 4.78 is 0. The van der Waals surface area contributed by atoms with Gasteiger partial charge in [0.15, 0.2) is 0 Å². The standard InChI is InChI=1S/C7H9ClN4O3/c1-11(2-3-13)7-5(12(14)15)6(8)9-4-10-7/h4,13H,2-3H2,1H3. The molecule has 7 nitrogen and oxygen atoms in total. The Hall–Kier alpha value is -1.47. The molecule has 0 aliphatic carbocycles. The maximum atomic E-state index is 10.7. The molecule has 0 atom stereocenters. The summed E-state index contributed by atoms with van der Waals surface area (Å²) in [6.07, 6.45) is 1.14. The smallest absolute Gasteiger partial charge is 0.348 e. The molecule has 1 N–H and O–H groups in total. The van der Waals surface area contributed by atoms with E-state index in [0.717, 1.165) is 6.33 Å². The molecule has 0 unspecified atom stereocenters. The highest BCUT2D eigenvalue weighted by atomic mass is 35.5. The van der Waals surface area contributed by atoms with Crippen LogP contribution < -0.4 is 4.90 Å². The second-order valence-electron chi connectivity index (χ2n) is 2.74. The lowest BCUT2D eigenvalue weighted by molar-refractivity contribution is -0.384. The molecule has 0 spiro atoms. The average molecular weight is 233 g/mol. The van der Waals surface area contributed by atoms with E-state index in [1.54, 1.807) is 7.05 Å². The summed E-state index contributed by atoms with van der Waals surface area (Å²) >= 11 is 5.59. The molecule has 0 amide bonds. The predicted octanol–water partition coefficient (Wildman–Crippen LogP) is 0.467. The topological polar surface area (TPSA) is 92.4 Å². The zero-order valence-electron chi connectivity index (χ0n) is 7.92. The zero-order valence-corrected chi connectivity index (χ0v) is 8.68. The van der Waals surface area contributed by atoms with E-state index in [2.05, 4.69) is 9.97 Å². The van der Waals surface area contributed by atoms with Crippen LogP contribution in [0.5, 0.6) is 0 Å². The molecule has 0 saturated carbocycles. The lowest BCUT2D eigenvalue weighted by Crippen LogP contribution is -2.23. The normalized spacial score (nSPS) is 10.1. The first kappa shape index (κ1) is 11.6. The van der Waals surface area contributed by atoms with Crippen molar-refractivity contribution >= 4 is 23.1 Å². The molecule has 1 heterocycles. The van der Waals surface area contributed by atoms with Gasteiger partial charge in [-0.25, -0.2) is 9.97 Å². The van der Waals surface area contributed by atoms with Gasteiger partial charge >= 0.3 is 5.69 Å². The van der Waals surface area contributed by atoms with Gasteiger partial charge in [-0.1, -0.05) is 11.6 Å². The number of aliphatic hydroxyl groups excluding tert-OH is 1. The number of hydrogen-bond donors (Lipinski definition) is 1. The second-order valence-corrected chi connectivity index (χ2v) is 3.10. The van der Waals surface area contributed by atoms with Crippen molar-refractivity contribution in [3.63, 3.8) is 0 Å². The number of halogens is 1. The highest BCUT2D eigenvalue weighted by molar-refractivity contribution is 6.31. The third-order valence-electron chi connectivity index (χ3n) is 1.74. The fourth-order valence-electron chi connectivity index (χ4n) is 1.04. The first-order chi connectivity index (χ1) is 7.07. The van der Waals surface area contributed by atoms with Gasteiger partial charge in [0.1, 0.15) is 6.33 Å². The molecule has 8 heteroatoms. The summed E-state index contributed by atoms with van der Waals surface area (Å²) in [5.41, 5.74) is -0.352. The molecule has 0 bridgehead atoms. The van der Waals surface area contributed by atoms with Crippen molar-refractivity contribution in [3.8, 4) is 0 Å². The number of nitrogens with zero attached hydrogens (tertiary/aromatic N) is 4. The maximum absolute atomic E-state index is 10.7. The summed E-state index contributed by atoms with van der Waals surface area (Å²) in [4.78, 5) is 18.8. The largest absolute Gasteiger partial charge is 0.395 e. The molecule has 0 radical (unpaired) electrons. The average Bonchev–Trinajstić information content (AvgIpc) is 2.17. The highest BCUT2D eigenvalue weighted by Gasteiger charge is 2.23. The zero-order chi connectivity index (χ0) is 11.4. The Kier molecular flexibility index (Phi) is 3.75. The van der Waals surface area contributed by atoms with Crippen molar-refractivity contribution in [2.45, 2.75) is 0 Å². The van der Waals surface area contributed by atoms with Crippen molar-refractivity contribution in [2.75, 3.05) is 25.1 Å². The van der Waals surface area contributed by atoms with Crippen LogP contribution in [-0.2, 0) is 0 Å². The summed E-state index contributed by atoms with van der Waals surface area (Å²) in [7, 11) is 1.57. The van der Waals surface area contributed by atoms with Gasteiger partial charge < -0.3 is 10.0 Å². The van der Waals surface area contributed by atoms with E-state index in [-0.39, 0.29) is 29.8 Å². The van der Waals surface area contributed by atoms with Crippen molar-refractivity contribution in [3.05, 3.63) is 21.6 Å². The van der Waals surface area contributed by atoms with E-state index in [1.165, 1.54) is 4.90 Å². The third kappa shape index (κ3) is 2.51.